The van der Waals surface area contributed by atoms with E-state index < -0.39 is 5.97 Å². The summed E-state index contributed by atoms with van der Waals surface area (Å²) < 4.78 is 1.58. The third kappa shape index (κ3) is 6.53. The van der Waals surface area contributed by atoms with Crippen LogP contribution >= 0.6 is 23.2 Å². The standard InChI is InChI=1S/C27H28Cl2N2O4/c1-3-30(4-2)25(32)21-7-5-6-19(16-21)10-13-24-22(28)17-23(29)26(33)31(24)15-14-18-8-11-20(12-9-18)27(34)35/h5-9,11-12,16-17H,3-4,10,13-15H2,1-2H3,(H,34,35). The maximum atomic E-state index is 12.8. The molecule has 184 valence electrons. The van der Waals surface area contributed by atoms with Crippen molar-refractivity contribution in [1.29, 1.82) is 0 Å². The minimum atomic E-state index is -0.987. The lowest BCUT2D eigenvalue weighted by molar-refractivity contribution is 0.0695. The molecule has 0 aliphatic carbocycles. The normalized spacial score (nSPS) is 10.9. The number of aryl methyl sites for hydroxylation is 2. The SMILES string of the molecule is CCN(CC)C(=O)c1cccc(CCc2c(Cl)cc(Cl)c(=O)n2CCc2ccc(C(=O)O)cc2)c1. The number of carboxylic acid groups (broad SMARTS) is 1. The maximum absolute atomic E-state index is 12.8. The van der Waals surface area contributed by atoms with Gasteiger partial charge in [-0.3, -0.25) is 9.59 Å². The Balaban J connectivity index is 1.81. The smallest absolute Gasteiger partial charge is 0.335 e. The minimum Gasteiger partial charge on any atom is -0.478 e. The van der Waals surface area contributed by atoms with Gasteiger partial charge in [-0.1, -0.05) is 47.5 Å². The zero-order valence-corrected chi connectivity index (χ0v) is 21.3. The Bertz CT molecular complexity index is 1270. The Labute approximate surface area is 214 Å². The summed E-state index contributed by atoms with van der Waals surface area (Å²) in [5.41, 5.74) is 3.06. The Morgan fingerprint density at radius 3 is 2.17 bits per heavy atom. The van der Waals surface area contributed by atoms with E-state index in [0.29, 0.717) is 55.2 Å². The second-order valence-electron chi connectivity index (χ2n) is 8.17. The quantitative estimate of drug-likeness (QED) is 0.394. The lowest BCUT2D eigenvalue weighted by Gasteiger charge is -2.19. The molecule has 0 spiro atoms. The van der Waals surface area contributed by atoms with Crippen LogP contribution in [0.4, 0.5) is 0 Å². The van der Waals surface area contributed by atoms with E-state index >= 15 is 0 Å². The van der Waals surface area contributed by atoms with E-state index in [1.54, 1.807) is 33.7 Å². The van der Waals surface area contributed by atoms with E-state index in [2.05, 4.69) is 0 Å². The van der Waals surface area contributed by atoms with Crippen molar-refractivity contribution >= 4 is 35.1 Å². The molecule has 3 aromatic rings. The number of benzene rings is 2. The van der Waals surface area contributed by atoms with Gasteiger partial charge in [-0.25, -0.2) is 4.79 Å². The first-order chi connectivity index (χ1) is 16.7. The lowest BCUT2D eigenvalue weighted by Crippen LogP contribution is -2.30. The van der Waals surface area contributed by atoms with E-state index in [1.165, 1.54) is 6.07 Å². The summed E-state index contributed by atoms with van der Waals surface area (Å²) in [6.45, 7) is 5.54. The van der Waals surface area contributed by atoms with Crippen LogP contribution in [0.5, 0.6) is 0 Å². The van der Waals surface area contributed by atoms with Gasteiger partial charge in [-0.2, -0.15) is 0 Å². The average molecular weight is 515 g/mol. The molecule has 6 nitrogen and oxygen atoms in total. The minimum absolute atomic E-state index is 0.00722. The monoisotopic (exact) mass is 514 g/mol. The number of aromatic nitrogens is 1. The summed E-state index contributed by atoms with van der Waals surface area (Å²) in [7, 11) is 0. The van der Waals surface area contributed by atoms with Crippen molar-refractivity contribution in [2.24, 2.45) is 0 Å². The summed E-state index contributed by atoms with van der Waals surface area (Å²) >= 11 is 12.6. The van der Waals surface area contributed by atoms with E-state index in [1.807, 2.05) is 38.1 Å². The van der Waals surface area contributed by atoms with Crippen LogP contribution in [0.25, 0.3) is 0 Å². The maximum Gasteiger partial charge on any atom is 0.335 e. The number of halogens is 2. The van der Waals surface area contributed by atoms with Gasteiger partial charge in [0.15, 0.2) is 0 Å². The van der Waals surface area contributed by atoms with Crippen molar-refractivity contribution in [1.82, 2.24) is 9.47 Å². The fourth-order valence-electron chi connectivity index (χ4n) is 4.00. The Morgan fingerprint density at radius 2 is 1.54 bits per heavy atom. The van der Waals surface area contributed by atoms with Gasteiger partial charge in [0.25, 0.3) is 11.5 Å². The highest BCUT2D eigenvalue weighted by Crippen LogP contribution is 2.21. The first kappa shape index (κ1) is 26.5. The highest BCUT2D eigenvalue weighted by Gasteiger charge is 2.15. The van der Waals surface area contributed by atoms with Crippen LogP contribution in [-0.4, -0.2) is 39.5 Å². The highest BCUT2D eigenvalue weighted by molar-refractivity contribution is 6.34. The molecule has 1 N–H and O–H groups in total. The second kappa shape index (κ2) is 12.0. The fourth-order valence-corrected chi connectivity index (χ4v) is 4.57. The molecular formula is C27H28Cl2N2O4. The topological polar surface area (TPSA) is 79.6 Å². The number of nitrogens with zero attached hydrogens (tertiary/aromatic N) is 2. The molecule has 0 saturated heterocycles. The molecule has 0 aliphatic rings. The summed E-state index contributed by atoms with van der Waals surface area (Å²) in [5, 5.41) is 9.53. The van der Waals surface area contributed by atoms with Crippen LogP contribution in [0.2, 0.25) is 10.0 Å². The lowest BCUT2D eigenvalue weighted by atomic mass is 10.0. The summed E-state index contributed by atoms with van der Waals surface area (Å²) in [6.07, 6.45) is 1.59. The number of hydrogen-bond acceptors (Lipinski definition) is 3. The summed E-state index contributed by atoms with van der Waals surface area (Å²) in [5.74, 6) is -0.994. The molecule has 35 heavy (non-hydrogen) atoms. The van der Waals surface area contributed by atoms with Crippen LogP contribution in [-0.2, 0) is 25.8 Å². The van der Waals surface area contributed by atoms with Crippen LogP contribution in [0, 0.1) is 0 Å². The Kier molecular flexibility index (Phi) is 9.13. The van der Waals surface area contributed by atoms with Gasteiger partial charge >= 0.3 is 5.97 Å². The Hall–Kier alpha value is -3.09. The van der Waals surface area contributed by atoms with Gasteiger partial charge in [0.05, 0.1) is 10.6 Å². The first-order valence-electron chi connectivity index (χ1n) is 11.5. The summed E-state index contributed by atoms with van der Waals surface area (Å²) in [4.78, 5) is 38.4. The molecule has 2 aromatic carbocycles. The van der Waals surface area contributed by atoms with Gasteiger partial charge in [0, 0.05) is 30.9 Å². The van der Waals surface area contributed by atoms with E-state index in [-0.39, 0.29) is 22.1 Å². The van der Waals surface area contributed by atoms with Crippen LogP contribution in [0.15, 0.2) is 59.4 Å². The largest absolute Gasteiger partial charge is 0.478 e. The molecule has 0 bridgehead atoms. The Morgan fingerprint density at radius 1 is 0.857 bits per heavy atom. The first-order valence-corrected chi connectivity index (χ1v) is 12.3. The third-order valence-corrected chi connectivity index (χ3v) is 6.60. The molecule has 0 atom stereocenters. The third-order valence-electron chi connectivity index (χ3n) is 6.00. The predicted octanol–water partition coefficient (Wildman–Crippen LogP) is 5.36. The van der Waals surface area contributed by atoms with E-state index in [4.69, 9.17) is 28.3 Å². The number of amides is 1. The molecule has 0 aliphatic heterocycles. The van der Waals surface area contributed by atoms with Crippen molar-refractivity contribution in [3.63, 3.8) is 0 Å². The molecule has 1 heterocycles. The molecule has 1 aromatic heterocycles. The van der Waals surface area contributed by atoms with Gasteiger partial charge in [-0.05, 0) is 74.6 Å². The predicted molar refractivity (Wildman–Crippen MR) is 139 cm³/mol. The van der Waals surface area contributed by atoms with E-state index in [0.717, 1.165) is 11.1 Å². The van der Waals surface area contributed by atoms with Gasteiger partial charge in [0.2, 0.25) is 0 Å². The number of carbonyl (C=O) groups is 2. The molecule has 0 radical (unpaired) electrons. The molecule has 0 unspecified atom stereocenters. The zero-order valence-electron chi connectivity index (χ0n) is 19.8. The number of carboxylic acids is 1. The van der Waals surface area contributed by atoms with Gasteiger partial charge < -0.3 is 14.6 Å². The van der Waals surface area contributed by atoms with Crippen molar-refractivity contribution in [3.05, 3.63) is 103 Å². The number of rotatable bonds is 10. The molecule has 0 fully saturated rings. The van der Waals surface area contributed by atoms with Crippen LogP contribution in [0.1, 0.15) is 51.4 Å². The van der Waals surface area contributed by atoms with Crippen molar-refractivity contribution in [2.45, 2.75) is 39.7 Å². The fraction of sp³-hybridized carbons (Fsp3) is 0.296. The van der Waals surface area contributed by atoms with Crippen molar-refractivity contribution in [3.8, 4) is 0 Å². The van der Waals surface area contributed by atoms with Crippen molar-refractivity contribution < 1.29 is 14.7 Å². The van der Waals surface area contributed by atoms with E-state index in [9.17, 15) is 14.4 Å². The number of aromatic carboxylic acids is 1. The second-order valence-corrected chi connectivity index (χ2v) is 8.99. The number of hydrogen-bond donors (Lipinski definition) is 1. The van der Waals surface area contributed by atoms with Crippen LogP contribution < -0.4 is 5.56 Å². The van der Waals surface area contributed by atoms with Gasteiger partial charge in [0.1, 0.15) is 5.02 Å². The number of pyridine rings is 1. The molecule has 8 heteroatoms. The summed E-state index contributed by atoms with van der Waals surface area (Å²) in [6, 6.07) is 15.5. The highest BCUT2D eigenvalue weighted by atomic mass is 35.5. The van der Waals surface area contributed by atoms with Crippen LogP contribution in [0.3, 0.4) is 0 Å². The van der Waals surface area contributed by atoms with Gasteiger partial charge in [-0.15, -0.1) is 0 Å². The molecule has 0 saturated carbocycles. The molecular weight excluding hydrogens is 487 g/mol. The average Bonchev–Trinajstić information content (AvgIpc) is 2.85. The number of carbonyl (C=O) groups excluding carboxylic acids is 1. The van der Waals surface area contributed by atoms with Crippen molar-refractivity contribution in [2.75, 3.05) is 13.1 Å². The zero-order chi connectivity index (χ0) is 25.5. The molecule has 3 rings (SSSR count). The molecule has 1 amide bonds.